The molecule has 0 saturated carbocycles. The second-order valence-electron chi connectivity index (χ2n) is 3.85. The number of amides is 1. The quantitative estimate of drug-likeness (QED) is 0.737. The van der Waals surface area contributed by atoms with E-state index in [1.807, 2.05) is 24.3 Å². The number of benzene rings is 1. The molecule has 0 aliphatic carbocycles. The number of aliphatic hydroxyl groups excluding tert-OH is 1. The smallest absolute Gasteiger partial charge is 0.232 e. The molecule has 3 nitrogen and oxygen atoms in total. The largest absolute Gasteiger partial charge is 0.396 e. The van der Waals surface area contributed by atoms with Crippen LogP contribution in [-0.4, -0.2) is 17.6 Å². The van der Waals surface area contributed by atoms with Crippen molar-refractivity contribution >= 4 is 11.6 Å². The van der Waals surface area contributed by atoms with Gasteiger partial charge in [-0.05, 0) is 24.5 Å². The lowest BCUT2D eigenvalue weighted by Gasteiger charge is -2.07. The van der Waals surface area contributed by atoms with E-state index in [0.717, 1.165) is 30.5 Å². The summed E-state index contributed by atoms with van der Waals surface area (Å²) in [5, 5.41) is 11.6. The fraction of sp³-hybridized carbons (Fsp3) is 0.417. The molecule has 1 aliphatic heterocycles. The van der Waals surface area contributed by atoms with Crippen LogP contribution in [0.5, 0.6) is 0 Å². The summed E-state index contributed by atoms with van der Waals surface area (Å²) in [6.07, 6.45) is 2.48. The van der Waals surface area contributed by atoms with Crippen molar-refractivity contribution in [3.8, 4) is 0 Å². The molecule has 0 radical (unpaired) electrons. The van der Waals surface area contributed by atoms with Crippen molar-refractivity contribution in [2.24, 2.45) is 0 Å². The molecule has 1 amide bonds. The van der Waals surface area contributed by atoms with Gasteiger partial charge in [0.15, 0.2) is 0 Å². The lowest BCUT2D eigenvalue weighted by atomic mass is 9.95. The zero-order valence-electron chi connectivity index (χ0n) is 8.57. The van der Waals surface area contributed by atoms with Crippen LogP contribution >= 0.6 is 0 Å². The van der Waals surface area contributed by atoms with Crippen molar-refractivity contribution < 1.29 is 9.90 Å². The summed E-state index contributed by atoms with van der Waals surface area (Å²) < 4.78 is 0. The molecule has 1 aromatic rings. The Hall–Kier alpha value is -1.35. The van der Waals surface area contributed by atoms with Crippen LogP contribution in [-0.2, 0) is 4.79 Å². The van der Waals surface area contributed by atoms with Crippen LogP contribution in [0.3, 0.4) is 0 Å². The molecule has 2 rings (SSSR count). The Balaban J connectivity index is 2.08. The lowest BCUT2D eigenvalue weighted by Crippen LogP contribution is -2.12. The summed E-state index contributed by atoms with van der Waals surface area (Å²) in [6, 6.07) is 7.81. The molecule has 1 atom stereocenters. The number of rotatable bonds is 4. The molecule has 1 heterocycles. The maximum Gasteiger partial charge on any atom is 0.232 e. The van der Waals surface area contributed by atoms with Crippen LogP contribution in [0.25, 0.3) is 0 Å². The van der Waals surface area contributed by atoms with Crippen LogP contribution in [0.15, 0.2) is 24.3 Å². The molecule has 0 fully saturated rings. The highest BCUT2D eigenvalue weighted by molar-refractivity contribution is 6.02. The fourth-order valence-electron chi connectivity index (χ4n) is 2.02. The van der Waals surface area contributed by atoms with E-state index in [1.165, 1.54) is 0 Å². The van der Waals surface area contributed by atoms with Crippen LogP contribution < -0.4 is 5.32 Å². The third kappa shape index (κ3) is 2.02. The summed E-state index contributed by atoms with van der Waals surface area (Å²) in [7, 11) is 0. The third-order valence-electron chi connectivity index (χ3n) is 2.81. The maximum atomic E-state index is 11.7. The highest BCUT2D eigenvalue weighted by atomic mass is 16.2. The number of para-hydroxylation sites is 1. The number of nitrogens with one attached hydrogen (secondary N) is 1. The van der Waals surface area contributed by atoms with Gasteiger partial charge in [-0.25, -0.2) is 0 Å². The highest BCUT2D eigenvalue weighted by Crippen LogP contribution is 2.35. The molecular formula is C12H15NO2. The van der Waals surface area contributed by atoms with Gasteiger partial charge in [-0.1, -0.05) is 24.6 Å². The van der Waals surface area contributed by atoms with Crippen LogP contribution in [0.1, 0.15) is 30.7 Å². The van der Waals surface area contributed by atoms with E-state index in [-0.39, 0.29) is 18.4 Å². The van der Waals surface area contributed by atoms with Gasteiger partial charge in [-0.3, -0.25) is 4.79 Å². The van der Waals surface area contributed by atoms with Crippen molar-refractivity contribution in [3.05, 3.63) is 29.8 Å². The number of fused-ring (bicyclic) bond motifs is 1. The maximum absolute atomic E-state index is 11.7. The van der Waals surface area contributed by atoms with E-state index < -0.39 is 0 Å². The Morgan fingerprint density at radius 1 is 1.27 bits per heavy atom. The fourth-order valence-corrected chi connectivity index (χ4v) is 2.02. The minimum Gasteiger partial charge on any atom is -0.396 e. The molecule has 80 valence electrons. The first-order chi connectivity index (χ1) is 7.33. The number of aliphatic hydroxyl groups is 1. The minimum absolute atomic E-state index is 0.0206. The topological polar surface area (TPSA) is 49.3 Å². The van der Waals surface area contributed by atoms with E-state index in [0.29, 0.717) is 0 Å². The van der Waals surface area contributed by atoms with Gasteiger partial charge in [-0.2, -0.15) is 0 Å². The second-order valence-corrected chi connectivity index (χ2v) is 3.85. The summed E-state index contributed by atoms with van der Waals surface area (Å²) in [4.78, 5) is 11.7. The Bertz CT molecular complexity index is 362. The Labute approximate surface area is 89.1 Å². The number of unbranched alkanes of at least 4 members (excludes halogenated alkanes) is 1. The predicted octanol–water partition coefficient (Wildman–Crippen LogP) is 1.88. The van der Waals surface area contributed by atoms with E-state index >= 15 is 0 Å². The molecule has 3 heteroatoms. The predicted molar refractivity (Wildman–Crippen MR) is 58.7 cm³/mol. The normalized spacial score (nSPS) is 18.7. The zero-order valence-corrected chi connectivity index (χ0v) is 8.57. The Morgan fingerprint density at radius 3 is 2.87 bits per heavy atom. The first-order valence-electron chi connectivity index (χ1n) is 5.33. The Morgan fingerprint density at radius 2 is 2.07 bits per heavy atom. The molecular weight excluding hydrogens is 190 g/mol. The van der Waals surface area contributed by atoms with Gasteiger partial charge in [0.1, 0.15) is 0 Å². The van der Waals surface area contributed by atoms with Crippen LogP contribution in [0, 0.1) is 0 Å². The number of hydrogen-bond acceptors (Lipinski definition) is 2. The van der Waals surface area contributed by atoms with Gasteiger partial charge in [-0.15, -0.1) is 0 Å². The van der Waals surface area contributed by atoms with Gasteiger partial charge < -0.3 is 10.4 Å². The van der Waals surface area contributed by atoms with Crippen molar-refractivity contribution in [1.29, 1.82) is 0 Å². The zero-order chi connectivity index (χ0) is 10.7. The van der Waals surface area contributed by atoms with Crippen molar-refractivity contribution in [1.82, 2.24) is 0 Å². The summed E-state index contributed by atoms with van der Waals surface area (Å²) >= 11 is 0. The van der Waals surface area contributed by atoms with Crippen molar-refractivity contribution in [2.75, 3.05) is 11.9 Å². The van der Waals surface area contributed by atoms with E-state index in [4.69, 9.17) is 5.11 Å². The molecule has 1 unspecified atom stereocenters. The summed E-state index contributed by atoms with van der Waals surface area (Å²) in [5.41, 5.74) is 2.04. The number of carbonyl (C=O) groups is 1. The van der Waals surface area contributed by atoms with Gasteiger partial charge in [0.05, 0.1) is 5.92 Å². The third-order valence-corrected chi connectivity index (χ3v) is 2.81. The molecule has 1 aliphatic rings. The number of hydrogen-bond donors (Lipinski definition) is 2. The van der Waals surface area contributed by atoms with Crippen molar-refractivity contribution in [2.45, 2.75) is 25.2 Å². The molecule has 0 aromatic heterocycles. The van der Waals surface area contributed by atoms with E-state index in [9.17, 15) is 4.79 Å². The lowest BCUT2D eigenvalue weighted by molar-refractivity contribution is -0.117. The molecule has 2 N–H and O–H groups in total. The number of anilines is 1. The van der Waals surface area contributed by atoms with E-state index in [2.05, 4.69) is 5.32 Å². The standard InChI is InChI=1S/C12H15NO2/c14-8-4-3-6-10-9-5-1-2-7-11(9)13-12(10)15/h1-2,5,7,10,14H,3-4,6,8H2,(H,13,15). The van der Waals surface area contributed by atoms with Gasteiger partial charge in [0.25, 0.3) is 0 Å². The van der Waals surface area contributed by atoms with Crippen LogP contribution in [0.4, 0.5) is 5.69 Å². The summed E-state index contributed by atoms with van der Waals surface area (Å²) in [6.45, 7) is 0.204. The highest BCUT2D eigenvalue weighted by Gasteiger charge is 2.29. The Kier molecular flexibility index (Phi) is 3.02. The van der Waals surface area contributed by atoms with Crippen molar-refractivity contribution in [3.63, 3.8) is 0 Å². The first-order valence-corrected chi connectivity index (χ1v) is 5.33. The molecule has 1 aromatic carbocycles. The average Bonchev–Trinajstić information content (AvgIpc) is 2.56. The molecule has 0 spiro atoms. The second kappa shape index (κ2) is 4.45. The summed E-state index contributed by atoms with van der Waals surface area (Å²) in [5.74, 6) is 0.0712. The van der Waals surface area contributed by atoms with Crippen LogP contribution in [0.2, 0.25) is 0 Å². The monoisotopic (exact) mass is 205 g/mol. The van der Waals surface area contributed by atoms with Gasteiger partial charge in [0.2, 0.25) is 5.91 Å². The average molecular weight is 205 g/mol. The van der Waals surface area contributed by atoms with E-state index in [1.54, 1.807) is 0 Å². The first kappa shape index (κ1) is 10.2. The van der Waals surface area contributed by atoms with Gasteiger partial charge in [0, 0.05) is 12.3 Å². The number of carbonyl (C=O) groups excluding carboxylic acids is 1. The minimum atomic E-state index is -0.0206. The molecule has 0 bridgehead atoms. The molecule has 15 heavy (non-hydrogen) atoms. The van der Waals surface area contributed by atoms with Gasteiger partial charge >= 0.3 is 0 Å². The molecule has 0 saturated heterocycles. The SMILES string of the molecule is O=C1Nc2ccccc2C1CCCCO.